The van der Waals surface area contributed by atoms with E-state index in [9.17, 15) is 5.11 Å². The molecule has 1 N–H and O–H groups in total. The molecule has 0 atom stereocenters. The van der Waals surface area contributed by atoms with Gasteiger partial charge in [-0.25, -0.2) is 0 Å². The van der Waals surface area contributed by atoms with Crippen LogP contribution in [0.2, 0.25) is 0 Å². The van der Waals surface area contributed by atoms with E-state index in [4.69, 9.17) is 0 Å². The van der Waals surface area contributed by atoms with E-state index >= 15 is 0 Å². The van der Waals surface area contributed by atoms with Gasteiger partial charge >= 0.3 is 0 Å². The standard InChI is InChI=1S/C30H24N4O/c35-29-19-16-21-9-2-4-12-23(21)30(29)34-33-28-18-17-27(24-13-5-6-14-25(24)28)32-31-26-15-7-10-20-8-1-3-11-22(20)26/h1,3,5-8,10-11,13-19,35H,2,4,9,12H2. The molecule has 0 aliphatic heterocycles. The van der Waals surface area contributed by atoms with E-state index in [0.29, 0.717) is 5.69 Å². The molecule has 170 valence electrons. The molecule has 6 rings (SSSR count). The van der Waals surface area contributed by atoms with Gasteiger partial charge in [0.1, 0.15) is 11.4 Å². The molecule has 0 radical (unpaired) electrons. The number of hydrogen-bond acceptors (Lipinski definition) is 5. The zero-order valence-electron chi connectivity index (χ0n) is 19.2. The first kappa shape index (κ1) is 21.2. The fourth-order valence-electron chi connectivity index (χ4n) is 4.86. The Bertz CT molecular complexity index is 1620. The van der Waals surface area contributed by atoms with E-state index in [2.05, 4.69) is 38.7 Å². The highest BCUT2D eigenvalue weighted by Gasteiger charge is 2.16. The number of benzene rings is 5. The number of aryl methyl sites for hydroxylation is 1. The van der Waals surface area contributed by atoms with Crippen LogP contribution in [0, 0.1) is 0 Å². The number of phenols is 1. The van der Waals surface area contributed by atoms with Crippen molar-refractivity contribution in [3.05, 3.63) is 102 Å². The Kier molecular flexibility index (Phi) is 5.51. The topological polar surface area (TPSA) is 69.7 Å². The summed E-state index contributed by atoms with van der Waals surface area (Å²) in [5.41, 5.74) is 5.30. The summed E-state index contributed by atoms with van der Waals surface area (Å²) in [6.07, 6.45) is 4.23. The van der Waals surface area contributed by atoms with Crippen molar-refractivity contribution < 1.29 is 5.11 Å². The highest BCUT2D eigenvalue weighted by Crippen LogP contribution is 2.40. The number of aromatic hydroxyl groups is 1. The second kappa shape index (κ2) is 9.11. The number of hydrogen-bond donors (Lipinski definition) is 1. The fraction of sp³-hybridized carbons (Fsp3) is 0.133. The quantitative estimate of drug-likeness (QED) is 0.269. The minimum absolute atomic E-state index is 0.180. The van der Waals surface area contributed by atoms with Gasteiger partial charge in [-0.05, 0) is 66.5 Å². The molecule has 0 saturated carbocycles. The number of azo groups is 2. The lowest BCUT2D eigenvalue weighted by molar-refractivity contribution is 0.474. The van der Waals surface area contributed by atoms with Crippen LogP contribution in [-0.2, 0) is 12.8 Å². The van der Waals surface area contributed by atoms with E-state index in [0.717, 1.165) is 63.4 Å². The molecule has 35 heavy (non-hydrogen) atoms. The largest absolute Gasteiger partial charge is 0.506 e. The summed E-state index contributed by atoms with van der Waals surface area (Å²) in [5.74, 6) is 0.180. The zero-order chi connectivity index (χ0) is 23.6. The van der Waals surface area contributed by atoms with E-state index in [-0.39, 0.29) is 5.75 Å². The van der Waals surface area contributed by atoms with E-state index in [1.807, 2.05) is 66.7 Å². The number of rotatable bonds is 4. The van der Waals surface area contributed by atoms with Crippen LogP contribution in [0.15, 0.2) is 111 Å². The molecule has 0 amide bonds. The van der Waals surface area contributed by atoms with Crippen LogP contribution in [0.4, 0.5) is 22.7 Å². The smallest absolute Gasteiger partial charge is 0.143 e. The van der Waals surface area contributed by atoms with Gasteiger partial charge in [-0.1, -0.05) is 66.7 Å². The van der Waals surface area contributed by atoms with Crippen molar-refractivity contribution in [2.75, 3.05) is 0 Å². The van der Waals surface area contributed by atoms with Crippen LogP contribution >= 0.6 is 0 Å². The summed E-state index contributed by atoms with van der Waals surface area (Å²) in [6, 6.07) is 29.8. The molecule has 5 nitrogen and oxygen atoms in total. The Hall–Kier alpha value is -4.38. The summed E-state index contributed by atoms with van der Waals surface area (Å²) in [6.45, 7) is 0. The Morgan fingerprint density at radius 3 is 1.89 bits per heavy atom. The molecule has 0 fully saturated rings. The fourth-order valence-corrected chi connectivity index (χ4v) is 4.86. The first-order chi connectivity index (χ1) is 17.3. The monoisotopic (exact) mass is 456 g/mol. The van der Waals surface area contributed by atoms with Gasteiger partial charge in [-0.15, -0.1) is 20.5 Å². The highest BCUT2D eigenvalue weighted by atomic mass is 16.3. The predicted molar refractivity (Wildman–Crippen MR) is 141 cm³/mol. The maximum Gasteiger partial charge on any atom is 0.143 e. The minimum atomic E-state index is 0.180. The zero-order valence-corrected chi connectivity index (χ0v) is 19.2. The summed E-state index contributed by atoms with van der Waals surface area (Å²) >= 11 is 0. The summed E-state index contributed by atoms with van der Waals surface area (Å²) in [5, 5.41) is 32.8. The number of phenolic OH excluding ortho intramolecular Hbond substituents is 1. The first-order valence-electron chi connectivity index (χ1n) is 11.9. The van der Waals surface area contributed by atoms with Crippen LogP contribution in [0.5, 0.6) is 5.75 Å². The second-order valence-corrected chi connectivity index (χ2v) is 8.83. The normalized spacial score (nSPS) is 13.7. The van der Waals surface area contributed by atoms with Gasteiger partial charge in [-0.3, -0.25) is 0 Å². The molecular weight excluding hydrogens is 432 g/mol. The first-order valence-corrected chi connectivity index (χ1v) is 11.9. The van der Waals surface area contributed by atoms with E-state index < -0.39 is 0 Å². The van der Waals surface area contributed by atoms with Crippen molar-refractivity contribution in [3.8, 4) is 5.75 Å². The molecule has 0 heterocycles. The lowest BCUT2D eigenvalue weighted by Gasteiger charge is -2.17. The Balaban J connectivity index is 1.39. The van der Waals surface area contributed by atoms with Crippen molar-refractivity contribution >= 4 is 44.3 Å². The summed E-state index contributed by atoms with van der Waals surface area (Å²) < 4.78 is 0. The Morgan fingerprint density at radius 1 is 0.514 bits per heavy atom. The van der Waals surface area contributed by atoms with Gasteiger partial charge in [0, 0.05) is 16.2 Å². The lowest BCUT2D eigenvalue weighted by atomic mass is 9.90. The Morgan fingerprint density at radius 2 is 1.11 bits per heavy atom. The summed E-state index contributed by atoms with van der Waals surface area (Å²) in [4.78, 5) is 0. The SMILES string of the molecule is Oc1ccc2c(c1N=Nc1ccc(N=Nc3cccc4ccccc34)c3ccccc13)CCCC2. The minimum Gasteiger partial charge on any atom is -0.506 e. The number of fused-ring (bicyclic) bond motifs is 3. The molecule has 0 spiro atoms. The van der Waals surface area contributed by atoms with Crippen LogP contribution in [-0.4, -0.2) is 5.11 Å². The molecule has 1 aliphatic carbocycles. The molecule has 1 aliphatic rings. The van der Waals surface area contributed by atoms with Crippen LogP contribution < -0.4 is 0 Å². The molecule has 0 bridgehead atoms. The van der Waals surface area contributed by atoms with Gasteiger partial charge in [0.25, 0.3) is 0 Å². The van der Waals surface area contributed by atoms with Crippen LogP contribution in [0.25, 0.3) is 21.5 Å². The molecule has 5 heteroatoms. The summed E-state index contributed by atoms with van der Waals surface area (Å²) in [7, 11) is 0. The van der Waals surface area contributed by atoms with Crippen molar-refractivity contribution in [2.24, 2.45) is 20.5 Å². The third kappa shape index (κ3) is 4.06. The Labute approximate surface area is 203 Å². The maximum atomic E-state index is 10.5. The predicted octanol–water partition coefficient (Wildman–Crippen LogP) is 9.41. The van der Waals surface area contributed by atoms with Crippen LogP contribution in [0.3, 0.4) is 0 Å². The van der Waals surface area contributed by atoms with Crippen molar-refractivity contribution in [1.82, 2.24) is 0 Å². The molecule has 0 unspecified atom stereocenters. The van der Waals surface area contributed by atoms with Gasteiger partial charge in [-0.2, -0.15) is 0 Å². The van der Waals surface area contributed by atoms with E-state index in [1.54, 1.807) is 6.07 Å². The molecule has 5 aromatic rings. The third-order valence-corrected chi connectivity index (χ3v) is 6.65. The van der Waals surface area contributed by atoms with Crippen LogP contribution in [0.1, 0.15) is 24.0 Å². The van der Waals surface area contributed by atoms with Gasteiger partial charge in [0.15, 0.2) is 0 Å². The van der Waals surface area contributed by atoms with Gasteiger partial charge < -0.3 is 5.11 Å². The van der Waals surface area contributed by atoms with Gasteiger partial charge in [0.2, 0.25) is 0 Å². The average molecular weight is 457 g/mol. The second-order valence-electron chi connectivity index (χ2n) is 8.83. The maximum absolute atomic E-state index is 10.5. The van der Waals surface area contributed by atoms with Crippen molar-refractivity contribution in [3.63, 3.8) is 0 Å². The molecular formula is C30H24N4O. The molecule has 0 aromatic heterocycles. The van der Waals surface area contributed by atoms with Crippen molar-refractivity contribution in [2.45, 2.75) is 25.7 Å². The third-order valence-electron chi connectivity index (χ3n) is 6.65. The lowest BCUT2D eigenvalue weighted by Crippen LogP contribution is -2.02. The average Bonchev–Trinajstić information content (AvgIpc) is 2.91. The molecule has 0 saturated heterocycles. The van der Waals surface area contributed by atoms with Crippen molar-refractivity contribution in [1.29, 1.82) is 0 Å². The van der Waals surface area contributed by atoms with E-state index in [1.165, 1.54) is 12.0 Å². The van der Waals surface area contributed by atoms with Gasteiger partial charge in [0.05, 0.1) is 17.1 Å². The number of nitrogens with zero attached hydrogens (tertiary/aromatic N) is 4. The molecule has 5 aromatic carbocycles. The highest BCUT2D eigenvalue weighted by molar-refractivity contribution is 6.00.